The van der Waals surface area contributed by atoms with Gasteiger partial charge >= 0.3 is 0 Å². The van der Waals surface area contributed by atoms with Crippen LogP contribution in [-0.2, 0) is 0 Å². The van der Waals surface area contributed by atoms with Gasteiger partial charge in [0.1, 0.15) is 5.69 Å². The Hall–Kier alpha value is -3.02. The van der Waals surface area contributed by atoms with Gasteiger partial charge in [-0.05, 0) is 49.1 Å². The largest absolute Gasteiger partial charge is 0.351 e. The predicted octanol–water partition coefficient (Wildman–Crippen LogP) is 3.72. The topological polar surface area (TPSA) is 51.1 Å². The third-order valence-corrected chi connectivity index (χ3v) is 4.12. The van der Waals surface area contributed by atoms with Crippen molar-refractivity contribution in [3.05, 3.63) is 75.7 Å². The number of amides is 1. The van der Waals surface area contributed by atoms with Crippen LogP contribution in [0.1, 0.15) is 29.4 Å². The molecule has 2 aromatic carbocycles. The molecule has 0 spiro atoms. The maximum Gasteiger partial charge on any atom is 0.268 e. The summed E-state index contributed by atoms with van der Waals surface area (Å²) < 4.78 is 28.5. The van der Waals surface area contributed by atoms with Gasteiger partial charge < -0.3 is 5.32 Å². The molecular weight excluding hydrogens is 338 g/mol. The summed E-state index contributed by atoms with van der Waals surface area (Å²) in [6.07, 6.45) is 0.730. The van der Waals surface area contributed by atoms with E-state index in [1.165, 1.54) is 10.6 Å². The lowest BCUT2D eigenvalue weighted by atomic mass is 10.1. The van der Waals surface area contributed by atoms with Gasteiger partial charge in [0.15, 0.2) is 11.6 Å². The lowest BCUT2D eigenvalue weighted by Gasteiger charge is -2.15. The molecule has 3 aromatic rings. The summed E-state index contributed by atoms with van der Waals surface area (Å²) in [6, 6.07) is 10.2. The van der Waals surface area contributed by atoms with E-state index in [1.807, 2.05) is 26.0 Å². The molecule has 3 rings (SSSR count). The minimum absolute atomic E-state index is 0.0107. The molecular formula is C20H18F2N2O2. The normalized spacial score (nSPS) is 10.9. The number of carbonyl (C=O) groups excluding carboxylic acids is 1. The number of fused-ring (bicyclic) bond motifs is 1. The zero-order valence-electron chi connectivity index (χ0n) is 14.5. The van der Waals surface area contributed by atoms with Crippen molar-refractivity contribution in [3.8, 4) is 5.69 Å². The van der Waals surface area contributed by atoms with E-state index in [4.69, 9.17) is 0 Å². The van der Waals surface area contributed by atoms with E-state index in [0.29, 0.717) is 12.2 Å². The first-order valence-corrected chi connectivity index (χ1v) is 8.32. The van der Waals surface area contributed by atoms with Gasteiger partial charge in [-0.25, -0.2) is 8.78 Å². The van der Waals surface area contributed by atoms with Gasteiger partial charge in [0.2, 0.25) is 0 Å². The van der Waals surface area contributed by atoms with Gasteiger partial charge in [0.05, 0.1) is 5.39 Å². The molecule has 0 radical (unpaired) electrons. The summed E-state index contributed by atoms with van der Waals surface area (Å²) in [4.78, 5) is 25.5. The maximum atomic E-state index is 13.6. The Bertz CT molecular complexity index is 1040. The zero-order valence-corrected chi connectivity index (χ0v) is 14.5. The van der Waals surface area contributed by atoms with E-state index in [0.717, 1.165) is 24.1 Å². The molecule has 0 aliphatic carbocycles. The molecule has 0 saturated heterocycles. The fourth-order valence-electron chi connectivity index (χ4n) is 2.75. The van der Waals surface area contributed by atoms with Gasteiger partial charge in [-0.1, -0.05) is 24.6 Å². The highest BCUT2D eigenvalue weighted by Gasteiger charge is 2.18. The van der Waals surface area contributed by atoms with Crippen LogP contribution in [-0.4, -0.2) is 17.0 Å². The minimum Gasteiger partial charge on any atom is -0.351 e. The van der Waals surface area contributed by atoms with E-state index in [9.17, 15) is 18.4 Å². The Kier molecular flexibility index (Phi) is 4.84. The van der Waals surface area contributed by atoms with Crippen molar-refractivity contribution in [1.29, 1.82) is 0 Å². The molecule has 4 nitrogen and oxygen atoms in total. The van der Waals surface area contributed by atoms with E-state index in [1.54, 1.807) is 12.1 Å². The highest BCUT2D eigenvalue weighted by Crippen LogP contribution is 2.20. The van der Waals surface area contributed by atoms with Gasteiger partial charge in [-0.3, -0.25) is 14.2 Å². The average Bonchev–Trinajstić information content (AvgIpc) is 2.62. The second-order valence-corrected chi connectivity index (χ2v) is 6.12. The number of halogens is 2. The first-order valence-electron chi connectivity index (χ1n) is 8.32. The quantitative estimate of drug-likeness (QED) is 0.775. The number of hydrogen-bond donors (Lipinski definition) is 1. The van der Waals surface area contributed by atoms with Crippen LogP contribution in [0.4, 0.5) is 8.78 Å². The van der Waals surface area contributed by atoms with Crippen molar-refractivity contribution < 1.29 is 13.6 Å². The Balaban J connectivity index is 2.32. The van der Waals surface area contributed by atoms with Gasteiger partial charge in [-0.2, -0.15) is 0 Å². The number of hydrogen-bond acceptors (Lipinski definition) is 2. The Labute approximate surface area is 149 Å². The molecule has 0 atom stereocenters. The van der Waals surface area contributed by atoms with Crippen LogP contribution in [0.15, 0.2) is 47.3 Å². The summed E-state index contributed by atoms with van der Waals surface area (Å²) in [5.74, 6) is -2.62. The lowest BCUT2D eigenvalue weighted by molar-refractivity contribution is 0.0946. The van der Waals surface area contributed by atoms with Crippen molar-refractivity contribution in [1.82, 2.24) is 9.88 Å². The van der Waals surface area contributed by atoms with Gasteiger partial charge in [-0.15, -0.1) is 0 Å². The van der Waals surface area contributed by atoms with Crippen molar-refractivity contribution >= 4 is 16.7 Å². The standard InChI is InChI=1S/C20H18F2N2O2/c1-3-8-23-19(25)18-10-13-9-16(21)17(22)11-15(13)20(26)24(18)14-6-4-12(2)5-7-14/h4-7,9-11H,3,8H2,1-2H3,(H,23,25). The predicted molar refractivity (Wildman–Crippen MR) is 96.8 cm³/mol. The third kappa shape index (κ3) is 3.22. The molecule has 0 saturated carbocycles. The summed E-state index contributed by atoms with van der Waals surface area (Å²) in [5.41, 5.74) is 0.972. The second kappa shape index (κ2) is 7.07. The van der Waals surface area contributed by atoms with Crippen molar-refractivity contribution in [2.75, 3.05) is 6.54 Å². The van der Waals surface area contributed by atoms with Crippen molar-refractivity contribution in [3.63, 3.8) is 0 Å². The molecule has 1 aromatic heterocycles. The average molecular weight is 356 g/mol. The van der Waals surface area contributed by atoms with Crippen molar-refractivity contribution in [2.45, 2.75) is 20.3 Å². The summed E-state index contributed by atoms with van der Waals surface area (Å²) in [5, 5.41) is 2.91. The third-order valence-electron chi connectivity index (χ3n) is 4.12. The number of pyridine rings is 1. The summed E-state index contributed by atoms with van der Waals surface area (Å²) >= 11 is 0. The monoisotopic (exact) mass is 356 g/mol. The number of benzene rings is 2. The Morgan fingerprint density at radius 1 is 1.08 bits per heavy atom. The molecule has 0 fully saturated rings. The molecule has 1 N–H and O–H groups in total. The zero-order chi connectivity index (χ0) is 18.8. The highest BCUT2D eigenvalue weighted by atomic mass is 19.2. The number of aromatic nitrogens is 1. The first kappa shape index (κ1) is 17.8. The molecule has 0 bridgehead atoms. The fourth-order valence-corrected chi connectivity index (χ4v) is 2.75. The Morgan fingerprint density at radius 2 is 1.73 bits per heavy atom. The molecule has 134 valence electrons. The fraction of sp³-hybridized carbons (Fsp3) is 0.200. The van der Waals surface area contributed by atoms with Crippen LogP contribution in [0.2, 0.25) is 0 Å². The van der Waals surface area contributed by atoms with Gasteiger partial charge in [0, 0.05) is 12.2 Å². The first-order chi connectivity index (χ1) is 12.4. The SMILES string of the molecule is CCCNC(=O)c1cc2cc(F)c(F)cc2c(=O)n1-c1ccc(C)cc1. The molecule has 26 heavy (non-hydrogen) atoms. The summed E-state index contributed by atoms with van der Waals surface area (Å²) in [7, 11) is 0. The van der Waals surface area contributed by atoms with E-state index >= 15 is 0 Å². The highest BCUT2D eigenvalue weighted by molar-refractivity contribution is 5.97. The Morgan fingerprint density at radius 3 is 2.38 bits per heavy atom. The van der Waals surface area contributed by atoms with E-state index in [-0.39, 0.29) is 16.5 Å². The van der Waals surface area contributed by atoms with Crippen molar-refractivity contribution in [2.24, 2.45) is 0 Å². The van der Waals surface area contributed by atoms with E-state index < -0.39 is 23.1 Å². The molecule has 0 aliphatic rings. The molecule has 0 aliphatic heterocycles. The second-order valence-electron chi connectivity index (χ2n) is 6.12. The number of rotatable bonds is 4. The number of carbonyl (C=O) groups is 1. The molecule has 6 heteroatoms. The lowest BCUT2D eigenvalue weighted by Crippen LogP contribution is -2.32. The van der Waals surface area contributed by atoms with Crippen LogP contribution in [0.3, 0.4) is 0 Å². The van der Waals surface area contributed by atoms with Crippen LogP contribution in [0.25, 0.3) is 16.5 Å². The van der Waals surface area contributed by atoms with Crippen LogP contribution in [0.5, 0.6) is 0 Å². The maximum absolute atomic E-state index is 13.6. The molecule has 1 amide bonds. The number of aryl methyl sites for hydroxylation is 1. The minimum atomic E-state index is -1.10. The van der Waals surface area contributed by atoms with Crippen LogP contribution >= 0.6 is 0 Å². The van der Waals surface area contributed by atoms with Crippen LogP contribution in [0, 0.1) is 18.6 Å². The van der Waals surface area contributed by atoms with Gasteiger partial charge in [0.25, 0.3) is 11.5 Å². The van der Waals surface area contributed by atoms with Crippen LogP contribution < -0.4 is 10.9 Å². The summed E-state index contributed by atoms with van der Waals surface area (Å²) in [6.45, 7) is 4.25. The number of nitrogens with zero attached hydrogens (tertiary/aromatic N) is 1. The number of nitrogens with one attached hydrogen (secondary N) is 1. The smallest absolute Gasteiger partial charge is 0.268 e. The molecule has 1 heterocycles. The van der Waals surface area contributed by atoms with E-state index in [2.05, 4.69) is 5.32 Å². The molecule has 0 unspecified atom stereocenters.